The number of rotatable bonds is 4. The van der Waals surface area contributed by atoms with Crippen molar-refractivity contribution in [2.75, 3.05) is 5.32 Å². The highest BCUT2D eigenvalue weighted by atomic mass is 32.1. The van der Waals surface area contributed by atoms with Crippen LogP contribution in [0.1, 0.15) is 10.4 Å². The van der Waals surface area contributed by atoms with E-state index in [0.29, 0.717) is 10.8 Å². The molecule has 1 heterocycles. The lowest BCUT2D eigenvalue weighted by Gasteiger charge is -2.11. The molecule has 0 fully saturated rings. The third-order valence-corrected chi connectivity index (χ3v) is 3.79. The lowest BCUT2D eigenvalue weighted by molar-refractivity contribution is -0.268. The van der Waals surface area contributed by atoms with E-state index in [0.717, 1.165) is 11.3 Å². The molecular formula is C16H11N2O3S-. The number of thiazole rings is 1. The van der Waals surface area contributed by atoms with Gasteiger partial charge >= 0.3 is 5.97 Å². The van der Waals surface area contributed by atoms with Gasteiger partial charge in [-0.25, -0.2) is 9.78 Å². The number of carbonyl (C=O) groups is 1. The van der Waals surface area contributed by atoms with E-state index in [1.165, 1.54) is 23.5 Å². The largest absolute Gasteiger partial charge is 0.872 e. The number of aromatic nitrogens is 1. The summed E-state index contributed by atoms with van der Waals surface area (Å²) in [5.41, 5.74) is 2.11. The van der Waals surface area contributed by atoms with Crippen LogP contribution < -0.4 is 10.4 Å². The molecule has 2 N–H and O–H groups in total. The van der Waals surface area contributed by atoms with E-state index in [4.69, 9.17) is 5.11 Å². The van der Waals surface area contributed by atoms with Gasteiger partial charge in [0.25, 0.3) is 0 Å². The van der Waals surface area contributed by atoms with Gasteiger partial charge in [-0.15, -0.1) is 11.3 Å². The van der Waals surface area contributed by atoms with Gasteiger partial charge in [0.15, 0.2) is 5.13 Å². The third kappa shape index (κ3) is 2.91. The average Bonchev–Trinajstić information content (AvgIpc) is 2.98. The molecule has 0 aliphatic rings. The van der Waals surface area contributed by atoms with Crippen LogP contribution in [0.4, 0.5) is 10.8 Å². The number of benzene rings is 2. The zero-order valence-electron chi connectivity index (χ0n) is 11.3. The third-order valence-electron chi connectivity index (χ3n) is 3.03. The van der Waals surface area contributed by atoms with E-state index in [1.807, 2.05) is 35.7 Å². The first kappa shape index (κ1) is 14.1. The second kappa shape index (κ2) is 5.87. The molecule has 0 radical (unpaired) electrons. The molecule has 1 aromatic heterocycles. The molecule has 0 spiro atoms. The molecular weight excluding hydrogens is 300 g/mol. The monoisotopic (exact) mass is 311 g/mol. The summed E-state index contributed by atoms with van der Waals surface area (Å²) in [6, 6.07) is 13.8. The van der Waals surface area contributed by atoms with Crippen LogP contribution >= 0.6 is 11.3 Å². The molecule has 0 bridgehead atoms. The summed E-state index contributed by atoms with van der Waals surface area (Å²) in [5.74, 6) is -1.75. The molecule has 110 valence electrons. The molecule has 0 saturated carbocycles. The van der Waals surface area contributed by atoms with Crippen molar-refractivity contribution in [3.05, 3.63) is 59.5 Å². The number of aromatic carboxylic acids is 1. The molecule has 5 nitrogen and oxygen atoms in total. The van der Waals surface area contributed by atoms with E-state index < -0.39 is 11.7 Å². The van der Waals surface area contributed by atoms with Gasteiger partial charge in [-0.3, -0.25) is 0 Å². The van der Waals surface area contributed by atoms with Crippen molar-refractivity contribution >= 4 is 28.1 Å². The minimum absolute atomic E-state index is 0.259. The van der Waals surface area contributed by atoms with Crippen molar-refractivity contribution in [1.82, 2.24) is 4.98 Å². The van der Waals surface area contributed by atoms with Crippen LogP contribution in [-0.2, 0) is 0 Å². The summed E-state index contributed by atoms with van der Waals surface area (Å²) in [6.45, 7) is 0. The minimum atomic E-state index is -1.24. The number of hydrogen-bond donors (Lipinski definition) is 2. The normalized spacial score (nSPS) is 10.4. The summed E-state index contributed by atoms with van der Waals surface area (Å²) in [7, 11) is 0. The topological polar surface area (TPSA) is 85.3 Å². The van der Waals surface area contributed by atoms with E-state index in [-0.39, 0.29) is 5.56 Å². The van der Waals surface area contributed by atoms with Crippen LogP contribution in [0.2, 0.25) is 0 Å². The molecule has 0 aliphatic heterocycles. The summed E-state index contributed by atoms with van der Waals surface area (Å²) < 4.78 is 0. The molecule has 6 heteroatoms. The Labute approximate surface area is 130 Å². The highest BCUT2D eigenvalue weighted by molar-refractivity contribution is 7.14. The van der Waals surface area contributed by atoms with Crippen molar-refractivity contribution in [1.29, 1.82) is 0 Å². The Morgan fingerprint density at radius 1 is 1.18 bits per heavy atom. The zero-order valence-corrected chi connectivity index (χ0v) is 12.1. The minimum Gasteiger partial charge on any atom is -0.872 e. The number of anilines is 2. The maximum absolute atomic E-state index is 11.4. The van der Waals surface area contributed by atoms with Gasteiger partial charge in [0, 0.05) is 16.6 Å². The fourth-order valence-electron chi connectivity index (χ4n) is 1.97. The molecule has 0 aliphatic carbocycles. The number of nitrogens with zero attached hydrogens (tertiary/aromatic N) is 1. The van der Waals surface area contributed by atoms with Crippen LogP contribution in [0, 0.1) is 0 Å². The second-order valence-electron chi connectivity index (χ2n) is 4.55. The van der Waals surface area contributed by atoms with Gasteiger partial charge in [-0.2, -0.15) is 0 Å². The van der Waals surface area contributed by atoms with Gasteiger partial charge in [-0.05, 0) is 12.1 Å². The summed E-state index contributed by atoms with van der Waals surface area (Å²) >= 11 is 1.41. The van der Waals surface area contributed by atoms with E-state index >= 15 is 0 Å². The fourth-order valence-corrected chi connectivity index (χ4v) is 2.71. The number of carboxylic acids is 1. The van der Waals surface area contributed by atoms with Crippen LogP contribution in [0.3, 0.4) is 0 Å². The van der Waals surface area contributed by atoms with Gasteiger partial charge in [-0.1, -0.05) is 42.1 Å². The lowest BCUT2D eigenvalue weighted by atomic mass is 10.2. The quantitative estimate of drug-likeness (QED) is 0.772. The average molecular weight is 311 g/mol. The number of nitrogens with one attached hydrogen (secondary N) is 1. The fraction of sp³-hybridized carbons (Fsp3) is 0. The Morgan fingerprint density at radius 2 is 1.95 bits per heavy atom. The highest BCUT2D eigenvalue weighted by Crippen LogP contribution is 2.28. The molecule has 22 heavy (non-hydrogen) atoms. The Bertz CT molecular complexity index is 815. The molecule has 0 unspecified atom stereocenters. The van der Waals surface area contributed by atoms with Crippen molar-refractivity contribution < 1.29 is 15.0 Å². The van der Waals surface area contributed by atoms with Crippen molar-refractivity contribution in [2.45, 2.75) is 0 Å². The van der Waals surface area contributed by atoms with E-state index in [1.54, 1.807) is 6.07 Å². The van der Waals surface area contributed by atoms with Crippen LogP contribution in [0.15, 0.2) is 53.9 Å². The Morgan fingerprint density at radius 3 is 2.68 bits per heavy atom. The zero-order chi connectivity index (χ0) is 15.5. The molecule has 0 amide bonds. The standard InChI is InChI=1S/C16H12N2O3S/c19-14-7-6-11(8-12(14)15(20)21)17-16-18-13(9-22-16)10-4-2-1-3-5-10/h1-9,19H,(H,17,18)(H,20,21)/p-1. The van der Waals surface area contributed by atoms with Crippen molar-refractivity contribution in [3.8, 4) is 17.0 Å². The SMILES string of the molecule is O=C(O)c1cc(Nc2nc(-c3ccccc3)cs2)ccc1[O-]. The molecule has 3 rings (SSSR count). The summed E-state index contributed by atoms with van der Waals surface area (Å²) in [4.78, 5) is 15.4. The summed E-state index contributed by atoms with van der Waals surface area (Å²) in [6.07, 6.45) is 0. The first-order valence-corrected chi connectivity index (χ1v) is 7.34. The lowest BCUT2D eigenvalue weighted by Crippen LogP contribution is -2.04. The van der Waals surface area contributed by atoms with Gasteiger partial charge < -0.3 is 15.5 Å². The highest BCUT2D eigenvalue weighted by Gasteiger charge is 2.08. The van der Waals surface area contributed by atoms with E-state index in [9.17, 15) is 9.90 Å². The predicted octanol–water partition coefficient (Wildman–Crippen LogP) is 3.33. The van der Waals surface area contributed by atoms with Crippen LogP contribution in [-0.4, -0.2) is 16.1 Å². The molecule has 0 atom stereocenters. The number of hydrogen-bond acceptors (Lipinski definition) is 5. The van der Waals surface area contributed by atoms with Gasteiger partial charge in [0.05, 0.1) is 11.3 Å². The predicted molar refractivity (Wildman–Crippen MR) is 83.7 cm³/mol. The van der Waals surface area contributed by atoms with Crippen molar-refractivity contribution in [3.63, 3.8) is 0 Å². The molecule has 2 aromatic carbocycles. The first-order chi connectivity index (χ1) is 10.6. The van der Waals surface area contributed by atoms with Gasteiger partial charge in [0.1, 0.15) is 0 Å². The molecule has 0 saturated heterocycles. The summed E-state index contributed by atoms with van der Waals surface area (Å²) in [5, 5.41) is 26.0. The Kier molecular flexibility index (Phi) is 3.76. The number of carboxylic acid groups (broad SMARTS) is 1. The van der Waals surface area contributed by atoms with Crippen LogP contribution in [0.25, 0.3) is 11.3 Å². The maximum atomic E-state index is 11.4. The van der Waals surface area contributed by atoms with Crippen LogP contribution in [0.5, 0.6) is 5.75 Å². The van der Waals surface area contributed by atoms with Crippen molar-refractivity contribution in [2.24, 2.45) is 0 Å². The first-order valence-electron chi connectivity index (χ1n) is 6.46. The maximum Gasteiger partial charge on any atom is 0.335 e. The Hall–Kier alpha value is -2.86. The molecule has 3 aromatic rings. The second-order valence-corrected chi connectivity index (χ2v) is 5.40. The Balaban J connectivity index is 1.84. The smallest absolute Gasteiger partial charge is 0.335 e. The van der Waals surface area contributed by atoms with E-state index in [2.05, 4.69) is 10.3 Å². The van der Waals surface area contributed by atoms with Gasteiger partial charge in [0.2, 0.25) is 0 Å².